The smallest absolute Gasteiger partial charge is 0.119 e. The summed E-state index contributed by atoms with van der Waals surface area (Å²) in [5.74, 6) is 0.892. The van der Waals surface area contributed by atoms with E-state index in [9.17, 15) is 0 Å². The van der Waals surface area contributed by atoms with E-state index < -0.39 is 0 Å². The predicted molar refractivity (Wildman–Crippen MR) is 116 cm³/mol. The maximum Gasteiger partial charge on any atom is 0.119 e. The summed E-state index contributed by atoms with van der Waals surface area (Å²) in [6.07, 6.45) is 1.06. The van der Waals surface area contributed by atoms with Crippen molar-refractivity contribution < 1.29 is 4.74 Å². The zero-order valence-corrected chi connectivity index (χ0v) is 16.0. The van der Waals surface area contributed by atoms with Crippen molar-refractivity contribution in [2.24, 2.45) is 0 Å². The molecule has 4 aromatic rings. The fraction of sp³-hybridized carbons (Fsp3) is 0.154. The second-order valence-electron chi connectivity index (χ2n) is 7.31. The van der Waals surface area contributed by atoms with Gasteiger partial charge in [0.25, 0.3) is 0 Å². The van der Waals surface area contributed by atoms with E-state index >= 15 is 0 Å². The highest BCUT2D eigenvalue weighted by Gasteiger charge is 2.29. The van der Waals surface area contributed by atoms with Crippen LogP contribution >= 0.6 is 0 Å². The zero-order chi connectivity index (χ0) is 18.9. The molecule has 5 rings (SSSR count). The molecule has 0 saturated carbocycles. The van der Waals surface area contributed by atoms with Crippen LogP contribution < -0.4 is 9.64 Å². The van der Waals surface area contributed by atoms with Gasteiger partial charge in [-0.05, 0) is 58.1 Å². The summed E-state index contributed by atoms with van der Waals surface area (Å²) in [5, 5.41) is 2.61. The highest BCUT2D eigenvalue weighted by Crippen LogP contribution is 2.41. The van der Waals surface area contributed by atoms with Gasteiger partial charge >= 0.3 is 0 Å². The first kappa shape index (κ1) is 16.9. The zero-order valence-electron chi connectivity index (χ0n) is 16.0. The average Bonchev–Trinajstić information content (AvgIpc) is 2.78. The van der Waals surface area contributed by atoms with Gasteiger partial charge in [-0.1, -0.05) is 66.7 Å². The number of hydrogen-bond donors (Lipinski definition) is 0. The number of anilines is 1. The molecule has 1 atom stereocenters. The van der Waals surface area contributed by atoms with E-state index in [1.165, 1.54) is 33.2 Å². The molecule has 2 nitrogen and oxygen atoms in total. The minimum absolute atomic E-state index is 0.199. The molecule has 0 N–H and O–H groups in total. The Morgan fingerprint density at radius 2 is 1.46 bits per heavy atom. The fourth-order valence-corrected chi connectivity index (χ4v) is 4.44. The van der Waals surface area contributed by atoms with Crippen LogP contribution in [0.4, 0.5) is 5.69 Å². The molecule has 0 fully saturated rings. The Morgan fingerprint density at radius 1 is 0.750 bits per heavy atom. The molecule has 0 amide bonds. The third kappa shape index (κ3) is 2.82. The third-order valence-corrected chi connectivity index (χ3v) is 5.81. The van der Waals surface area contributed by atoms with Crippen molar-refractivity contribution in [1.82, 2.24) is 0 Å². The molecule has 0 aliphatic carbocycles. The monoisotopic (exact) mass is 365 g/mol. The van der Waals surface area contributed by atoms with E-state index in [1.807, 2.05) is 0 Å². The Hall–Kier alpha value is -3.26. The molecule has 1 unspecified atom stereocenters. The number of nitrogens with zero attached hydrogens (tertiary/aromatic N) is 1. The normalized spacial score (nSPS) is 16.0. The molecule has 28 heavy (non-hydrogen) atoms. The van der Waals surface area contributed by atoms with Crippen LogP contribution in [0.1, 0.15) is 22.7 Å². The molecule has 0 aromatic heterocycles. The van der Waals surface area contributed by atoms with Gasteiger partial charge < -0.3 is 9.64 Å². The quantitative estimate of drug-likeness (QED) is 0.441. The van der Waals surface area contributed by atoms with Crippen molar-refractivity contribution >= 4 is 16.5 Å². The molecule has 138 valence electrons. The summed E-state index contributed by atoms with van der Waals surface area (Å²) in [7, 11) is 1.71. The van der Waals surface area contributed by atoms with E-state index in [0.717, 1.165) is 18.7 Å². The van der Waals surface area contributed by atoms with Gasteiger partial charge in [-0.25, -0.2) is 0 Å². The van der Waals surface area contributed by atoms with Crippen LogP contribution in [0.25, 0.3) is 10.8 Å². The molecule has 0 bridgehead atoms. The average molecular weight is 365 g/mol. The van der Waals surface area contributed by atoms with Gasteiger partial charge in [0.15, 0.2) is 0 Å². The molecule has 4 aromatic carbocycles. The summed E-state index contributed by atoms with van der Waals surface area (Å²) >= 11 is 0. The van der Waals surface area contributed by atoms with Crippen molar-refractivity contribution in [3.05, 3.63) is 108 Å². The molecule has 0 saturated heterocycles. The highest BCUT2D eigenvalue weighted by atomic mass is 16.5. The number of methoxy groups -OCH3 is 1. The van der Waals surface area contributed by atoms with Crippen molar-refractivity contribution in [2.75, 3.05) is 18.6 Å². The summed E-state index contributed by atoms with van der Waals surface area (Å²) in [5.41, 5.74) is 5.44. The molecule has 1 aliphatic heterocycles. The van der Waals surface area contributed by atoms with E-state index in [-0.39, 0.29) is 6.04 Å². The van der Waals surface area contributed by atoms with Gasteiger partial charge in [0.1, 0.15) is 5.75 Å². The summed E-state index contributed by atoms with van der Waals surface area (Å²) in [6.45, 7) is 0.997. The maximum atomic E-state index is 5.36. The van der Waals surface area contributed by atoms with Gasteiger partial charge in [0.2, 0.25) is 0 Å². The van der Waals surface area contributed by atoms with Crippen LogP contribution in [0.3, 0.4) is 0 Å². The topological polar surface area (TPSA) is 12.5 Å². The lowest BCUT2D eigenvalue weighted by Gasteiger charge is -2.40. The van der Waals surface area contributed by atoms with Crippen LogP contribution in [-0.2, 0) is 6.42 Å². The standard InChI is InChI=1S/C26H23NO/c1-28-22-15-13-21(14-16-22)27-18-17-20-8-3-5-11-24(20)26(27)25-12-6-9-19-7-2-4-10-23(19)25/h2-16,26H,17-18H2,1H3. The minimum Gasteiger partial charge on any atom is -0.497 e. The Labute approximate surface area is 166 Å². The Morgan fingerprint density at radius 3 is 2.32 bits per heavy atom. The second kappa shape index (κ2) is 7.05. The molecule has 0 radical (unpaired) electrons. The Kier molecular flexibility index (Phi) is 4.25. The SMILES string of the molecule is COc1ccc(N2CCc3ccccc3C2c2cccc3ccccc23)cc1. The molecule has 0 spiro atoms. The van der Waals surface area contributed by atoms with E-state index in [4.69, 9.17) is 4.74 Å². The molecule has 1 aliphatic rings. The molecule has 2 heteroatoms. The van der Waals surface area contributed by atoms with Gasteiger partial charge in [-0.3, -0.25) is 0 Å². The van der Waals surface area contributed by atoms with E-state index in [1.54, 1.807) is 7.11 Å². The third-order valence-electron chi connectivity index (χ3n) is 5.81. The van der Waals surface area contributed by atoms with Gasteiger partial charge in [-0.2, -0.15) is 0 Å². The number of benzene rings is 4. The Bertz CT molecular complexity index is 1110. The largest absolute Gasteiger partial charge is 0.497 e. The minimum atomic E-state index is 0.199. The van der Waals surface area contributed by atoms with E-state index in [2.05, 4.69) is 95.9 Å². The van der Waals surface area contributed by atoms with Gasteiger partial charge in [0.05, 0.1) is 13.2 Å². The van der Waals surface area contributed by atoms with Crippen molar-refractivity contribution in [2.45, 2.75) is 12.5 Å². The van der Waals surface area contributed by atoms with Crippen LogP contribution in [-0.4, -0.2) is 13.7 Å². The first-order valence-corrected chi connectivity index (χ1v) is 9.81. The summed E-state index contributed by atoms with van der Waals surface area (Å²) in [6, 6.07) is 32.9. The molecular weight excluding hydrogens is 342 g/mol. The number of fused-ring (bicyclic) bond motifs is 2. The fourth-order valence-electron chi connectivity index (χ4n) is 4.44. The summed E-state index contributed by atoms with van der Waals surface area (Å²) in [4.78, 5) is 2.53. The van der Waals surface area contributed by atoms with Crippen molar-refractivity contribution in [3.63, 3.8) is 0 Å². The summed E-state index contributed by atoms with van der Waals surface area (Å²) < 4.78 is 5.36. The predicted octanol–water partition coefficient (Wildman–Crippen LogP) is 6.00. The van der Waals surface area contributed by atoms with Crippen LogP contribution in [0.2, 0.25) is 0 Å². The molecule has 1 heterocycles. The first-order valence-electron chi connectivity index (χ1n) is 9.81. The van der Waals surface area contributed by atoms with Crippen LogP contribution in [0.15, 0.2) is 91.0 Å². The Balaban J connectivity index is 1.71. The lowest BCUT2D eigenvalue weighted by Crippen LogP contribution is -2.36. The number of ether oxygens (including phenoxy) is 1. The lowest BCUT2D eigenvalue weighted by atomic mass is 9.85. The maximum absolute atomic E-state index is 5.36. The lowest BCUT2D eigenvalue weighted by molar-refractivity contribution is 0.415. The molecular formula is C26H23NO. The van der Waals surface area contributed by atoms with Crippen molar-refractivity contribution in [3.8, 4) is 5.75 Å². The number of hydrogen-bond acceptors (Lipinski definition) is 2. The van der Waals surface area contributed by atoms with E-state index in [0.29, 0.717) is 0 Å². The van der Waals surface area contributed by atoms with Gasteiger partial charge in [-0.15, -0.1) is 0 Å². The van der Waals surface area contributed by atoms with Crippen molar-refractivity contribution in [1.29, 1.82) is 0 Å². The van der Waals surface area contributed by atoms with Gasteiger partial charge in [0, 0.05) is 12.2 Å². The second-order valence-corrected chi connectivity index (χ2v) is 7.31. The number of rotatable bonds is 3. The highest BCUT2D eigenvalue weighted by molar-refractivity contribution is 5.87. The van der Waals surface area contributed by atoms with Crippen LogP contribution in [0.5, 0.6) is 5.75 Å². The first-order chi connectivity index (χ1) is 13.8. The van der Waals surface area contributed by atoms with Crippen LogP contribution in [0, 0.1) is 0 Å².